The number of phosphoric acid groups is 1. The molecule has 1 aromatic rings. The standard InChI is InChI=1S/C32H57N2O6P/c1-5-7-8-9-10-11-12-13-14-15-16-17-18-19-20-26-31(39-32(35)23-6-2)33-29-24-21-22-25-30(29)40-41(36,37)38-28-27-34(3)4/h21-22,24-25H,5-20,23,26-28H2,1-4H3,(H,36,37). The van der Waals surface area contributed by atoms with Crippen LogP contribution >= 0.6 is 7.82 Å². The summed E-state index contributed by atoms with van der Waals surface area (Å²) in [5, 5.41) is 0. The molecule has 0 radical (unpaired) electrons. The van der Waals surface area contributed by atoms with Crippen molar-refractivity contribution in [3.63, 3.8) is 0 Å². The molecule has 0 bridgehead atoms. The lowest BCUT2D eigenvalue weighted by atomic mass is 10.0. The normalized spacial score (nSPS) is 13.4. The predicted molar refractivity (Wildman–Crippen MR) is 169 cm³/mol. The van der Waals surface area contributed by atoms with Gasteiger partial charge in [0, 0.05) is 19.4 Å². The number of benzene rings is 1. The summed E-state index contributed by atoms with van der Waals surface area (Å²) in [7, 11) is -0.649. The second kappa shape index (κ2) is 23.8. The van der Waals surface area contributed by atoms with Gasteiger partial charge in [0.2, 0.25) is 0 Å². The number of carbonyl (C=O) groups excluding carboxylic acids is 1. The number of rotatable bonds is 25. The Bertz CT molecular complexity index is 893. The van der Waals surface area contributed by atoms with E-state index in [4.69, 9.17) is 13.8 Å². The molecule has 1 N–H and O–H groups in total. The van der Waals surface area contributed by atoms with Crippen molar-refractivity contribution in [3.8, 4) is 5.75 Å². The molecule has 0 saturated carbocycles. The highest BCUT2D eigenvalue weighted by molar-refractivity contribution is 7.47. The van der Waals surface area contributed by atoms with Crippen LogP contribution in [-0.4, -0.2) is 48.9 Å². The highest BCUT2D eigenvalue weighted by Crippen LogP contribution is 2.46. The van der Waals surface area contributed by atoms with Crippen molar-refractivity contribution in [1.29, 1.82) is 0 Å². The van der Waals surface area contributed by atoms with Gasteiger partial charge >= 0.3 is 13.8 Å². The van der Waals surface area contributed by atoms with Gasteiger partial charge in [-0.2, -0.15) is 0 Å². The molecule has 0 amide bonds. The Hall–Kier alpha value is -1.73. The molecular formula is C32H57N2O6P. The van der Waals surface area contributed by atoms with Crippen molar-refractivity contribution in [3.05, 3.63) is 24.3 Å². The first-order valence-electron chi connectivity index (χ1n) is 16.0. The third-order valence-corrected chi connectivity index (χ3v) is 7.73. The van der Waals surface area contributed by atoms with Crippen LogP contribution in [0.3, 0.4) is 0 Å². The molecule has 1 aromatic carbocycles. The maximum Gasteiger partial charge on any atom is 0.527 e. The minimum absolute atomic E-state index is 0.0469. The minimum Gasteiger partial charge on any atom is -0.412 e. The predicted octanol–water partition coefficient (Wildman–Crippen LogP) is 9.38. The number of unbranched alkanes of at least 4 members (excludes halogenated alkanes) is 14. The second-order valence-electron chi connectivity index (χ2n) is 11.1. The molecule has 1 atom stereocenters. The quantitative estimate of drug-likeness (QED) is 0.0395. The second-order valence-corrected chi connectivity index (χ2v) is 12.5. The van der Waals surface area contributed by atoms with Crippen LogP contribution in [0.1, 0.15) is 129 Å². The summed E-state index contributed by atoms with van der Waals surface area (Å²) in [6.07, 6.45) is 20.7. The largest absolute Gasteiger partial charge is 0.527 e. The number of carbonyl (C=O) groups is 1. The Morgan fingerprint density at radius 1 is 0.805 bits per heavy atom. The van der Waals surface area contributed by atoms with Crippen LogP contribution in [0, 0.1) is 0 Å². The third-order valence-electron chi connectivity index (χ3n) is 6.80. The van der Waals surface area contributed by atoms with Crippen molar-refractivity contribution < 1.29 is 28.0 Å². The van der Waals surface area contributed by atoms with E-state index < -0.39 is 7.82 Å². The van der Waals surface area contributed by atoms with Crippen LogP contribution in [0.5, 0.6) is 5.75 Å². The Morgan fingerprint density at radius 3 is 1.88 bits per heavy atom. The van der Waals surface area contributed by atoms with E-state index in [0.29, 0.717) is 37.4 Å². The molecule has 0 aliphatic rings. The number of esters is 1. The van der Waals surface area contributed by atoms with Crippen LogP contribution in [-0.2, 0) is 18.6 Å². The Labute approximate surface area is 249 Å². The average molecular weight is 597 g/mol. The van der Waals surface area contributed by atoms with E-state index in [1.807, 2.05) is 25.9 Å². The van der Waals surface area contributed by atoms with E-state index >= 15 is 0 Å². The molecule has 0 fully saturated rings. The van der Waals surface area contributed by atoms with E-state index in [2.05, 4.69) is 11.9 Å². The molecule has 0 heterocycles. The molecule has 0 saturated heterocycles. The number of hydrogen-bond acceptors (Lipinski definition) is 7. The van der Waals surface area contributed by atoms with Gasteiger partial charge in [-0.3, -0.25) is 14.2 Å². The van der Waals surface area contributed by atoms with Gasteiger partial charge in [-0.1, -0.05) is 116 Å². The maximum absolute atomic E-state index is 12.5. The molecule has 1 rings (SSSR count). The number of likely N-dealkylation sites (N-methyl/N-ethyl adjacent to an activating group) is 1. The highest BCUT2D eigenvalue weighted by atomic mass is 31.2. The molecule has 9 heteroatoms. The van der Waals surface area contributed by atoms with Gasteiger partial charge in [-0.05, 0) is 39.1 Å². The highest BCUT2D eigenvalue weighted by Gasteiger charge is 2.24. The number of ether oxygens (including phenoxy) is 1. The van der Waals surface area contributed by atoms with Gasteiger partial charge in [0.1, 0.15) is 5.69 Å². The maximum atomic E-state index is 12.5. The molecule has 236 valence electrons. The van der Waals surface area contributed by atoms with E-state index in [-0.39, 0.29) is 18.3 Å². The number of nitrogens with zero attached hydrogens (tertiary/aromatic N) is 2. The van der Waals surface area contributed by atoms with E-state index in [0.717, 1.165) is 19.3 Å². The smallest absolute Gasteiger partial charge is 0.412 e. The topological polar surface area (TPSA) is 97.7 Å². The van der Waals surface area contributed by atoms with Crippen LogP contribution in [0.15, 0.2) is 29.3 Å². The summed E-state index contributed by atoms with van der Waals surface area (Å²) in [5.74, 6) is 0.0738. The zero-order chi connectivity index (χ0) is 30.2. The van der Waals surface area contributed by atoms with Crippen molar-refractivity contribution in [1.82, 2.24) is 4.90 Å². The first-order valence-corrected chi connectivity index (χ1v) is 17.5. The summed E-state index contributed by atoms with van der Waals surface area (Å²) in [5.41, 5.74) is 0.318. The van der Waals surface area contributed by atoms with Gasteiger partial charge in [-0.15, -0.1) is 0 Å². The molecule has 41 heavy (non-hydrogen) atoms. The van der Waals surface area contributed by atoms with E-state index in [1.54, 1.807) is 24.3 Å². The minimum atomic E-state index is -4.34. The number of aliphatic imine (C=N–C) groups is 1. The van der Waals surface area contributed by atoms with Gasteiger partial charge in [-0.25, -0.2) is 9.56 Å². The molecule has 8 nitrogen and oxygen atoms in total. The molecule has 1 unspecified atom stereocenters. The van der Waals surface area contributed by atoms with Crippen molar-refractivity contribution in [2.24, 2.45) is 4.99 Å². The lowest BCUT2D eigenvalue weighted by Gasteiger charge is -2.16. The van der Waals surface area contributed by atoms with Gasteiger partial charge in [0.05, 0.1) is 6.61 Å². The summed E-state index contributed by atoms with van der Waals surface area (Å²) in [6.45, 7) is 4.71. The Balaban J connectivity index is 2.50. The fourth-order valence-corrected chi connectivity index (χ4v) is 5.18. The van der Waals surface area contributed by atoms with Crippen molar-refractivity contribution >= 4 is 25.4 Å². The number of hydrogen-bond donors (Lipinski definition) is 1. The van der Waals surface area contributed by atoms with Crippen LogP contribution < -0.4 is 4.52 Å². The summed E-state index contributed by atoms with van der Waals surface area (Å²) in [6, 6.07) is 6.65. The molecular weight excluding hydrogens is 539 g/mol. The molecule has 0 aliphatic carbocycles. The van der Waals surface area contributed by atoms with Gasteiger partial charge in [0.25, 0.3) is 0 Å². The van der Waals surface area contributed by atoms with Crippen molar-refractivity contribution in [2.75, 3.05) is 27.2 Å². The molecule has 0 aliphatic heterocycles. The Kier molecular flexibility index (Phi) is 21.6. The molecule has 0 spiro atoms. The zero-order valence-electron chi connectivity index (χ0n) is 26.3. The monoisotopic (exact) mass is 596 g/mol. The van der Waals surface area contributed by atoms with E-state index in [9.17, 15) is 14.3 Å². The first kappa shape index (κ1) is 37.3. The van der Waals surface area contributed by atoms with Crippen LogP contribution in [0.2, 0.25) is 0 Å². The van der Waals surface area contributed by atoms with Crippen LogP contribution in [0.4, 0.5) is 5.69 Å². The number of para-hydroxylation sites is 2. The Morgan fingerprint density at radius 2 is 1.34 bits per heavy atom. The van der Waals surface area contributed by atoms with Gasteiger partial charge in [0.15, 0.2) is 11.6 Å². The lowest BCUT2D eigenvalue weighted by Crippen LogP contribution is -2.18. The summed E-state index contributed by atoms with van der Waals surface area (Å²) < 4.78 is 28.4. The SMILES string of the molecule is CCCCCCCCCCCCCCCCCC(=Nc1ccccc1OP(=O)(O)OCCN(C)C)OC(=O)CCC. The first-order chi connectivity index (χ1) is 19.8. The fraction of sp³-hybridized carbons (Fsp3) is 0.750. The van der Waals surface area contributed by atoms with Crippen molar-refractivity contribution in [2.45, 2.75) is 129 Å². The average Bonchev–Trinajstić information content (AvgIpc) is 2.91. The lowest BCUT2D eigenvalue weighted by molar-refractivity contribution is -0.135. The number of phosphoric ester groups is 1. The third kappa shape index (κ3) is 20.7. The van der Waals surface area contributed by atoms with Crippen LogP contribution in [0.25, 0.3) is 0 Å². The summed E-state index contributed by atoms with van der Waals surface area (Å²) in [4.78, 5) is 28.8. The van der Waals surface area contributed by atoms with E-state index in [1.165, 1.54) is 77.0 Å². The molecule has 0 aromatic heterocycles. The van der Waals surface area contributed by atoms with Gasteiger partial charge < -0.3 is 14.2 Å². The fourth-order valence-electron chi connectivity index (χ4n) is 4.41. The summed E-state index contributed by atoms with van der Waals surface area (Å²) >= 11 is 0. The zero-order valence-corrected chi connectivity index (χ0v) is 27.2.